The van der Waals surface area contributed by atoms with Gasteiger partial charge in [-0.15, -0.1) is 0 Å². The van der Waals surface area contributed by atoms with Crippen LogP contribution in [0.2, 0.25) is 0 Å². The monoisotopic (exact) mass is 644 g/mol. The van der Waals surface area contributed by atoms with Crippen LogP contribution < -0.4 is 10.6 Å². The van der Waals surface area contributed by atoms with E-state index in [4.69, 9.17) is 18.9 Å². The number of hydrogen-bond donors (Lipinski definition) is 2. The van der Waals surface area contributed by atoms with Crippen LogP contribution >= 0.6 is 0 Å². The van der Waals surface area contributed by atoms with E-state index in [-0.39, 0.29) is 55.2 Å². The maximum Gasteiger partial charge on any atom is 0.331 e. The van der Waals surface area contributed by atoms with Gasteiger partial charge in [0.1, 0.15) is 13.2 Å². The molecular weight excluding hydrogens is 596 g/mol. The lowest BCUT2D eigenvalue weighted by molar-refractivity contribution is -0.143. The van der Waals surface area contributed by atoms with E-state index in [9.17, 15) is 28.8 Å². The zero-order valence-corrected chi connectivity index (χ0v) is 27.6. The molecule has 12 nitrogen and oxygen atoms in total. The summed E-state index contributed by atoms with van der Waals surface area (Å²) in [5, 5.41) is 5.57. The number of amides is 2. The lowest BCUT2D eigenvalue weighted by atomic mass is 9.88. The lowest BCUT2D eigenvalue weighted by Gasteiger charge is -2.23. The van der Waals surface area contributed by atoms with Crippen LogP contribution in [0.5, 0.6) is 0 Å². The molecule has 0 radical (unpaired) electrons. The molecule has 0 aliphatic heterocycles. The van der Waals surface area contributed by atoms with E-state index in [1.54, 1.807) is 65.8 Å². The molecule has 1 aromatic carbocycles. The molecule has 0 bridgehead atoms. The Hall–Kier alpha value is -4.48. The smallest absolute Gasteiger partial charge is 0.331 e. The van der Waals surface area contributed by atoms with Crippen LogP contribution in [-0.4, -0.2) is 73.2 Å². The number of benzene rings is 1. The molecule has 1 aliphatic carbocycles. The molecule has 2 N–H and O–H groups in total. The Kier molecular flexibility index (Phi) is 19.0. The molecule has 2 amide bonds. The van der Waals surface area contributed by atoms with Gasteiger partial charge < -0.3 is 29.6 Å². The van der Waals surface area contributed by atoms with Crippen molar-refractivity contribution >= 4 is 35.7 Å². The first kappa shape index (κ1) is 39.5. The zero-order valence-electron chi connectivity index (χ0n) is 27.6. The average molecular weight is 645 g/mol. The number of carbonyl (C=O) groups is 6. The van der Waals surface area contributed by atoms with Crippen molar-refractivity contribution in [3.8, 4) is 0 Å². The van der Waals surface area contributed by atoms with Gasteiger partial charge in [-0.3, -0.25) is 9.59 Å². The van der Waals surface area contributed by atoms with Crippen molar-refractivity contribution in [2.24, 2.45) is 5.92 Å². The second-order valence-electron chi connectivity index (χ2n) is 11.4. The molecule has 1 saturated carbocycles. The number of carbonyl (C=O) groups excluding carboxylic acids is 6. The van der Waals surface area contributed by atoms with Crippen molar-refractivity contribution in [2.45, 2.75) is 97.9 Å². The zero-order chi connectivity index (χ0) is 34.5. The fraction of sp³-hybridized carbons (Fsp3) is 0.529. The Morgan fingerprint density at radius 2 is 1.09 bits per heavy atom. The van der Waals surface area contributed by atoms with Gasteiger partial charge in [0.05, 0.1) is 24.3 Å². The summed E-state index contributed by atoms with van der Waals surface area (Å²) < 4.78 is 19.6. The van der Waals surface area contributed by atoms with E-state index >= 15 is 0 Å². The van der Waals surface area contributed by atoms with Crippen molar-refractivity contribution in [1.82, 2.24) is 10.6 Å². The van der Waals surface area contributed by atoms with E-state index in [0.717, 1.165) is 50.0 Å². The van der Waals surface area contributed by atoms with E-state index in [1.807, 2.05) is 6.07 Å². The van der Waals surface area contributed by atoms with E-state index in [1.165, 1.54) is 6.42 Å². The molecule has 0 spiro atoms. The third kappa shape index (κ3) is 19.0. The predicted molar refractivity (Wildman–Crippen MR) is 170 cm³/mol. The van der Waals surface area contributed by atoms with E-state index in [2.05, 4.69) is 10.6 Å². The molecular formula is C34H48N2O10. The third-order valence-corrected chi connectivity index (χ3v) is 6.14. The quantitative estimate of drug-likeness (QED) is 0.172. The van der Waals surface area contributed by atoms with Gasteiger partial charge >= 0.3 is 23.9 Å². The van der Waals surface area contributed by atoms with Crippen LogP contribution in [-0.2, 0) is 42.9 Å². The molecule has 0 heterocycles. The van der Waals surface area contributed by atoms with Crippen LogP contribution in [0.15, 0.2) is 54.6 Å². The van der Waals surface area contributed by atoms with Crippen molar-refractivity contribution in [3.05, 3.63) is 60.2 Å². The number of rotatable bonds is 14. The topological polar surface area (TPSA) is 163 Å². The summed E-state index contributed by atoms with van der Waals surface area (Å²) in [6, 6.07) is 8.11. The minimum Gasteiger partial charge on any atom is -0.460 e. The van der Waals surface area contributed by atoms with Gasteiger partial charge in [-0.05, 0) is 66.5 Å². The Morgan fingerprint density at radius 1 is 0.652 bits per heavy atom. The van der Waals surface area contributed by atoms with E-state index in [0.29, 0.717) is 5.56 Å². The SMILES string of the molecule is CC(C)OC(=O)/C=C/C(=O)OC[C@H](C)NC(=O)C1CCCCC1.CC(C)OC(=O)/C=C/C(=O)OC[C@H](C)NC(=O)c1ccccc1. The van der Waals surface area contributed by atoms with Gasteiger partial charge in [-0.2, -0.15) is 0 Å². The van der Waals surface area contributed by atoms with Crippen molar-refractivity contribution in [3.63, 3.8) is 0 Å². The maximum absolute atomic E-state index is 12.0. The molecule has 46 heavy (non-hydrogen) atoms. The summed E-state index contributed by atoms with van der Waals surface area (Å²) >= 11 is 0. The van der Waals surface area contributed by atoms with Crippen molar-refractivity contribution in [2.75, 3.05) is 13.2 Å². The van der Waals surface area contributed by atoms with Crippen LogP contribution in [0.4, 0.5) is 0 Å². The van der Waals surface area contributed by atoms with Crippen LogP contribution in [0.3, 0.4) is 0 Å². The van der Waals surface area contributed by atoms with E-state index < -0.39 is 23.9 Å². The summed E-state index contributed by atoms with van der Waals surface area (Å²) in [5.41, 5.74) is 0.530. The van der Waals surface area contributed by atoms with Gasteiger partial charge in [0.2, 0.25) is 5.91 Å². The summed E-state index contributed by atoms with van der Waals surface area (Å²) in [7, 11) is 0. The largest absolute Gasteiger partial charge is 0.460 e. The van der Waals surface area contributed by atoms with Crippen molar-refractivity contribution < 1.29 is 47.7 Å². The molecule has 0 unspecified atom stereocenters. The van der Waals surface area contributed by atoms with Gasteiger partial charge in [0.25, 0.3) is 5.91 Å². The molecule has 2 rings (SSSR count). The van der Waals surface area contributed by atoms with Gasteiger partial charge in [-0.1, -0.05) is 37.5 Å². The Bertz CT molecular complexity index is 1190. The number of nitrogens with one attached hydrogen (secondary N) is 2. The van der Waals surface area contributed by atoms with Crippen LogP contribution in [0, 0.1) is 5.92 Å². The minimum atomic E-state index is -0.675. The van der Waals surface area contributed by atoms with Crippen LogP contribution in [0.1, 0.15) is 84.0 Å². The number of ether oxygens (including phenoxy) is 4. The van der Waals surface area contributed by atoms with Gasteiger partial charge in [0.15, 0.2) is 0 Å². The second kappa shape index (κ2) is 22.1. The maximum atomic E-state index is 12.0. The molecule has 1 aromatic rings. The highest BCUT2D eigenvalue weighted by Crippen LogP contribution is 2.23. The second-order valence-corrected chi connectivity index (χ2v) is 11.4. The fourth-order valence-corrected chi connectivity index (χ4v) is 4.03. The number of esters is 4. The first-order valence-electron chi connectivity index (χ1n) is 15.5. The molecule has 0 saturated heterocycles. The highest BCUT2D eigenvalue weighted by atomic mass is 16.6. The minimum absolute atomic E-state index is 0.000967. The van der Waals surface area contributed by atoms with Crippen molar-refractivity contribution in [1.29, 1.82) is 0 Å². The summed E-state index contributed by atoms with van der Waals surface area (Å²) in [5.74, 6) is -2.64. The predicted octanol–water partition coefficient (Wildman–Crippen LogP) is 3.98. The van der Waals surface area contributed by atoms with Crippen LogP contribution in [0.25, 0.3) is 0 Å². The average Bonchev–Trinajstić information content (AvgIpc) is 3.01. The molecule has 12 heteroatoms. The van der Waals surface area contributed by atoms with Gasteiger partial charge in [0, 0.05) is 35.8 Å². The molecule has 1 aliphatic rings. The molecule has 1 fully saturated rings. The highest BCUT2D eigenvalue weighted by Gasteiger charge is 2.22. The first-order chi connectivity index (χ1) is 21.8. The molecule has 2 atom stereocenters. The number of hydrogen-bond acceptors (Lipinski definition) is 10. The Balaban J connectivity index is 0.000000460. The fourth-order valence-electron chi connectivity index (χ4n) is 4.03. The highest BCUT2D eigenvalue weighted by molar-refractivity contribution is 5.94. The lowest BCUT2D eigenvalue weighted by Crippen LogP contribution is -2.40. The summed E-state index contributed by atoms with van der Waals surface area (Å²) in [6.45, 7) is 10.4. The summed E-state index contributed by atoms with van der Waals surface area (Å²) in [4.78, 5) is 69.4. The molecule has 254 valence electrons. The summed E-state index contributed by atoms with van der Waals surface area (Å²) in [6.07, 6.45) is 8.83. The van der Waals surface area contributed by atoms with Gasteiger partial charge in [-0.25, -0.2) is 19.2 Å². The first-order valence-corrected chi connectivity index (χ1v) is 15.5. The third-order valence-electron chi connectivity index (χ3n) is 6.14. The normalized spacial score (nSPS) is 14.5. The molecule has 0 aromatic heterocycles. The Labute approximate surface area is 271 Å². The standard InChI is InChI=1S/C17H27NO5.C17H21NO5/c2*1-12(2)23-16(20)10-9-15(19)22-11-13(3)18-17(21)14-7-5-4-6-8-14/h9-10,12-14H,4-8,11H2,1-3H3,(H,18,21);4-10,12-13H,11H2,1-3H3,(H,18,21)/b2*10-9+/t2*13-/m00/s1. The Morgan fingerprint density at radius 3 is 1.54 bits per heavy atom.